The molecule has 2 rings (SSSR count). The molecule has 0 aliphatic carbocycles. The molecular formula is C17H12Cl2O5. The molecule has 0 fully saturated rings. The Hall–Kier alpha value is -2.37. The van der Waals surface area contributed by atoms with Gasteiger partial charge in [0.15, 0.2) is 19.5 Å². The Balaban J connectivity index is 1.87. The highest BCUT2D eigenvalue weighted by atomic mass is 35.5. The summed E-state index contributed by atoms with van der Waals surface area (Å²) in [6.07, 6.45) is 0.618. The van der Waals surface area contributed by atoms with Crippen LogP contribution in [0.15, 0.2) is 42.5 Å². The second-order valence-electron chi connectivity index (χ2n) is 4.65. The zero-order chi connectivity index (χ0) is 17.5. The maximum Gasteiger partial charge on any atom is 0.344 e. The Labute approximate surface area is 148 Å². The minimum atomic E-state index is -0.742. The lowest BCUT2D eigenvalue weighted by atomic mass is 10.1. The molecule has 0 atom stereocenters. The van der Waals surface area contributed by atoms with Crippen molar-refractivity contribution in [3.63, 3.8) is 0 Å². The Bertz CT molecular complexity index is 773. The molecule has 0 spiro atoms. The van der Waals surface area contributed by atoms with Gasteiger partial charge >= 0.3 is 5.97 Å². The van der Waals surface area contributed by atoms with E-state index in [4.69, 9.17) is 32.7 Å². The summed E-state index contributed by atoms with van der Waals surface area (Å²) in [6, 6.07) is 10.8. The van der Waals surface area contributed by atoms with Crippen LogP contribution >= 0.6 is 23.2 Å². The Morgan fingerprint density at radius 1 is 1.04 bits per heavy atom. The van der Waals surface area contributed by atoms with Crippen molar-refractivity contribution in [2.45, 2.75) is 0 Å². The molecule has 5 nitrogen and oxygen atoms in total. The first-order valence-electron chi connectivity index (χ1n) is 6.82. The predicted molar refractivity (Wildman–Crippen MR) is 89.1 cm³/mol. The van der Waals surface area contributed by atoms with E-state index in [2.05, 4.69) is 0 Å². The molecule has 2 aromatic rings. The van der Waals surface area contributed by atoms with Crippen LogP contribution in [0.1, 0.15) is 20.7 Å². The number of hydrogen-bond acceptors (Lipinski definition) is 5. The molecule has 0 saturated heterocycles. The van der Waals surface area contributed by atoms with E-state index >= 15 is 0 Å². The van der Waals surface area contributed by atoms with E-state index in [1.165, 1.54) is 18.2 Å². The number of ether oxygens (including phenoxy) is 2. The zero-order valence-electron chi connectivity index (χ0n) is 12.3. The van der Waals surface area contributed by atoms with Gasteiger partial charge in [0.05, 0.1) is 10.6 Å². The first-order chi connectivity index (χ1) is 11.5. The predicted octanol–water partition coefficient (Wildman–Crippen LogP) is 3.61. The van der Waals surface area contributed by atoms with Crippen LogP contribution < -0.4 is 4.74 Å². The number of benzene rings is 2. The summed E-state index contributed by atoms with van der Waals surface area (Å²) in [5.41, 5.74) is 0.524. The molecule has 0 unspecified atom stereocenters. The lowest BCUT2D eigenvalue weighted by Crippen LogP contribution is -2.20. The molecule has 0 N–H and O–H groups in total. The zero-order valence-corrected chi connectivity index (χ0v) is 13.8. The standard InChI is InChI=1S/C17H12Cl2O5/c18-12-5-6-13(14(19)7-12)15(21)9-24-17(22)10-23-16-4-2-1-3-11(16)8-20/h1-8H,9-10H2. The molecular weight excluding hydrogens is 355 g/mol. The lowest BCUT2D eigenvalue weighted by molar-refractivity contribution is -0.144. The highest BCUT2D eigenvalue weighted by Crippen LogP contribution is 2.21. The Morgan fingerprint density at radius 3 is 2.50 bits per heavy atom. The highest BCUT2D eigenvalue weighted by molar-refractivity contribution is 6.36. The van der Waals surface area contributed by atoms with Gasteiger partial charge in [-0.1, -0.05) is 35.3 Å². The number of aldehydes is 1. The third-order valence-corrected chi connectivity index (χ3v) is 3.54. The second-order valence-corrected chi connectivity index (χ2v) is 5.50. The van der Waals surface area contributed by atoms with Gasteiger partial charge in [-0.3, -0.25) is 9.59 Å². The van der Waals surface area contributed by atoms with E-state index in [9.17, 15) is 14.4 Å². The summed E-state index contributed by atoms with van der Waals surface area (Å²) < 4.78 is 10.1. The van der Waals surface area contributed by atoms with Crippen molar-refractivity contribution in [2.24, 2.45) is 0 Å². The van der Waals surface area contributed by atoms with E-state index in [-0.39, 0.29) is 16.3 Å². The quantitative estimate of drug-likeness (QED) is 0.425. The van der Waals surface area contributed by atoms with Crippen molar-refractivity contribution < 1.29 is 23.9 Å². The number of rotatable bonds is 7. The molecule has 0 aliphatic heterocycles. The molecule has 0 heterocycles. The van der Waals surface area contributed by atoms with Crippen LogP contribution in [0.25, 0.3) is 0 Å². The summed E-state index contributed by atoms with van der Waals surface area (Å²) in [5, 5.41) is 0.579. The first-order valence-corrected chi connectivity index (χ1v) is 7.57. The summed E-state index contributed by atoms with van der Waals surface area (Å²) in [5.74, 6) is -0.941. The third kappa shape index (κ3) is 4.81. The minimum absolute atomic E-state index is 0.180. The molecule has 7 heteroatoms. The van der Waals surface area contributed by atoms with Crippen LogP contribution in [0.3, 0.4) is 0 Å². The summed E-state index contributed by atoms with van der Waals surface area (Å²) in [7, 11) is 0. The first kappa shape index (κ1) is 18.0. The van der Waals surface area contributed by atoms with Crippen LogP contribution in [-0.4, -0.2) is 31.3 Å². The normalized spacial score (nSPS) is 10.1. The van der Waals surface area contributed by atoms with Crippen molar-refractivity contribution >= 4 is 41.2 Å². The van der Waals surface area contributed by atoms with Crippen molar-refractivity contribution in [3.8, 4) is 5.75 Å². The van der Waals surface area contributed by atoms with Crippen LogP contribution in [0.4, 0.5) is 0 Å². The smallest absolute Gasteiger partial charge is 0.344 e. The van der Waals surface area contributed by atoms with Crippen LogP contribution in [0, 0.1) is 0 Å². The van der Waals surface area contributed by atoms with Gasteiger partial charge in [0, 0.05) is 10.6 Å². The van der Waals surface area contributed by atoms with Crippen LogP contribution in [0.5, 0.6) is 5.75 Å². The van der Waals surface area contributed by atoms with Crippen molar-refractivity contribution in [1.29, 1.82) is 0 Å². The van der Waals surface area contributed by atoms with Crippen LogP contribution in [-0.2, 0) is 9.53 Å². The van der Waals surface area contributed by atoms with E-state index in [1.807, 2.05) is 0 Å². The van der Waals surface area contributed by atoms with Gasteiger partial charge < -0.3 is 9.47 Å². The van der Waals surface area contributed by atoms with E-state index in [0.717, 1.165) is 0 Å². The molecule has 2 aromatic carbocycles. The highest BCUT2D eigenvalue weighted by Gasteiger charge is 2.14. The average molecular weight is 367 g/mol. The van der Waals surface area contributed by atoms with Crippen molar-refractivity contribution in [3.05, 3.63) is 63.6 Å². The minimum Gasteiger partial charge on any atom is -0.481 e. The molecule has 0 amide bonds. The van der Waals surface area contributed by atoms with Gasteiger partial charge in [-0.15, -0.1) is 0 Å². The molecule has 0 aromatic heterocycles. The lowest BCUT2D eigenvalue weighted by Gasteiger charge is -2.08. The number of ketones is 1. The van der Waals surface area contributed by atoms with E-state index < -0.39 is 25.0 Å². The topological polar surface area (TPSA) is 69.7 Å². The molecule has 0 aliphatic rings. The number of para-hydroxylation sites is 1. The monoisotopic (exact) mass is 366 g/mol. The van der Waals surface area contributed by atoms with Crippen molar-refractivity contribution in [2.75, 3.05) is 13.2 Å². The molecule has 0 bridgehead atoms. The van der Waals surface area contributed by atoms with Gasteiger partial charge in [-0.2, -0.15) is 0 Å². The molecule has 0 saturated carbocycles. The molecule has 124 valence electrons. The number of halogens is 2. The summed E-state index contributed by atoms with van der Waals surface area (Å²) in [6.45, 7) is -0.897. The fourth-order valence-corrected chi connectivity index (χ4v) is 2.34. The number of carbonyl (C=O) groups excluding carboxylic acids is 3. The number of hydrogen-bond donors (Lipinski definition) is 0. The Kier molecular flexibility index (Phi) is 6.35. The van der Waals surface area contributed by atoms with E-state index in [0.29, 0.717) is 16.9 Å². The van der Waals surface area contributed by atoms with Gasteiger partial charge in [-0.25, -0.2) is 4.79 Å². The molecule has 24 heavy (non-hydrogen) atoms. The summed E-state index contributed by atoms with van der Waals surface area (Å²) >= 11 is 11.7. The van der Waals surface area contributed by atoms with Gasteiger partial charge in [-0.05, 0) is 30.3 Å². The summed E-state index contributed by atoms with van der Waals surface area (Å²) in [4.78, 5) is 34.4. The van der Waals surface area contributed by atoms with E-state index in [1.54, 1.807) is 24.3 Å². The number of Topliss-reactive ketones (excluding diaryl/α,β-unsaturated/α-hetero) is 1. The van der Waals surface area contributed by atoms with Gasteiger partial charge in [0.25, 0.3) is 0 Å². The fraction of sp³-hybridized carbons (Fsp3) is 0.118. The maximum atomic E-state index is 12.0. The largest absolute Gasteiger partial charge is 0.481 e. The van der Waals surface area contributed by atoms with Crippen LogP contribution in [0.2, 0.25) is 10.0 Å². The fourth-order valence-electron chi connectivity index (χ4n) is 1.83. The SMILES string of the molecule is O=Cc1ccccc1OCC(=O)OCC(=O)c1ccc(Cl)cc1Cl. The second kappa shape index (κ2) is 8.47. The van der Waals surface area contributed by atoms with Gasteiger partial charge in [0.2, 0.25) is 5.78 Å². The van der Waals surface area contributed by atoms with Gasteiger partial charge in [0.1, 0.15) is 5.75 Å². The Morgan fingerprint density at radius 2 is 1.79 bits per heavy atom. The van der Waals surface area contributed by atoms with Crippen molar-refractivity contribution in [1.82, 2.24) is 0 Å². The maximum absolute atomic E-state index is 12.0. The third-order valence-electron chi connectivity index (χ3n) is 2.99. The number of esters is 1. The molecule has 0 radical (unpaired) electrons. The average Bonchev–Trinajstić information content (AvgIpc) is 2.58. The number of carbonyl (C=O) groups is 3.